The van der Waals surface area contributed by atoms with Gasteiger partial charge in [-0.25, -0.2) is 4.39 Å². The molecule has 1 saturated heterocycles. The highest BCUT2D eigenvalue weighted by molar-refractivity contribution is 5.92. The zero-order valence-electron chi connectivity index (χ0n) is 15.1. The fourth-order valence-electron chi connectivity index (χ4n) is 3.63. The maximum absolute atomic E-state index is 13.2. The van der Waals surface area contributed by atoms with Crippen LogP contribution in [0.3, 0.4) is 0 Å². The molecule has 4 nitrogen and oxygen atoms in total. The Hall–Kier alpha value is -3.08. The van der Waals surface area contributed by atoms with E-state index in [1.807, 2.05) is 30.0 Å². The van der Waals surface area contributed by atoms with Crippen LogP contribution in [-0.2, 0) is 0 Å². The van der Waals surface area contributed by atoms with E-state index in [9.17, 15) is 9.18 Å². The molecule has 2 aromatic heterocycles. The van der Waals surface area contributed by atoms with Crippen LogP contribution in [0.1, 0.15) is 40.8 Å². The van der Waals surface area contributed by atoms with Gasteiger partial charge in [0.2, 0.25) is 0 Å². The molecular formula is C22H20FN3O. The van der Waals surface area contributed by atoms with Gasteiger partial charge in [0, 0.05) is 18.4 Å². The van der Waals surface area contributed by atoms with Crippen molar-refractivity contribution in [1.82, 2.24) is 14.9 Å². The van der Waals surface area contributed by atoms with Crippen molar-refractivity contribution < 1.29 is 9.18 Å². The third kappa shape index (κ3) is 3.58. The Morgan fingerprint density at radius 2 is 1.93 bits per heavy atom. The third-order valence-electron chi connectivity index (χ3n) is 4.89. The van der Waals surface area contributed by atoms with Crippen LogP contribution in [0.15, 0.2) is 60.8 Å². The fourth-order valence-corrected chi connectivity index (χ4v) is 3.63. The quantitative estimate of drug-likeness (QED) is 0.687. The smallest absolute Gasteiger partial charge is 0.273 e. The Bertz CT molecular complexity index is 957. The summed E-state index contributed by atoms with van der Waals surface area (Å²) in [5, 5.41) is 0. The molecule has 136 valence electrons. The maximum atomic E-state index is 13.2. The lowest BCUT2D eigenvalue weighted by molar-refractivity contribution is 0.0727. The number of carbonyl (C=O) groups is 1. The Kier molecular flexibility index (Phi) is 4.67. The molecule has 3 aromatic rings. The van der Waals surface area contributed by atoms with Gasteiger partial charge in [-0.1, -0.05) is 18.2 Å². The molecule has 0 saturated carbocycles. The molecule has 0 unspecified atom stereocenters. The summed E-state index contributed by atoms with van der Waals surface area (Å²) in [4.78, 5) is 23.7. The number of carbonyl (C=O) groups excluding carboxylic acids is 1. The van der Waals surface area contributed by atoms with E-state index in [1.165, 1.54) is 12.1 Å². The zero-order valence-corrected chi connectivity index (χ0v) is 15.1. The van der Waals surface area contributed by atoms with Gasteiger partial charge in [0.05, 0.1) is 11.7 Å². The van der Waals surface area contributed by atoms with E-state index in [-0.39, 0.29) is 17.8 Å². The standard InChI is InChI=1S/C22H20FN3O/c1-15-13-17(16-7-9-18(23)10-8-16)14-20(25-15)21-6-4-12-26(21)22(27)19-5-2-3-11-24-19/h2-3,5,7-11,13-14,21H,4,6,12H2,1H3/t21-/m0/s1. The molecule has 1 atom stereocenters. The van der Waals surface area contributed by atoms with Gasteiger partial charge < -0.3 is 4.90 Å². The number of rotatable bonds is 3. The van der Waals surface area contributed by atoms with E-state index in [1.54, 1.807) is 30.5 Å². The highest BCUT2D eigenvalue weighted by Crippen LogP contribution is 2.34. The number of aromatic nitrogens is 2. The molecular weight excluding hydrogens is 341 g/mol. The van der Waals surface area contributed by atoms with Crippen molar-refractivity contribution in [2.24, 2.45) is 0 Å². The first-order chi connectivity index (χ1) is 13.1. The lowest BCUT2D eigenvalue weighted by Crippen LogP contribution is -2.31. The molecule has 1 amide bonds. The van der Waals surface area contributed by atoms with Crippen LogP contribution in [0.4, 0.5) is 4.39 Å². The molecule has 0 N–H and O–H groups in total. The van der Waals surface area contributed by atoms with Crippen molar-refractivity contribution in [3.05, 3.63) is 83.7 Å². The van der Waals surface area contributed by atoms with Gasteiger partial charge in [-0.05, 0) is 67.3 Å². The van der Waals surface area contributed by atoms with E-state index in [2.05, 4.69) is 4.98 Å². The molecule has 0 spiro atoms. The molecule has 0 aliphatic carbocycles. The van der Waals surface area contributed by atoms with Crippen LogP contribution in [0.25, 0.3) is 11.1 Å². The summed E-state index contributed by atoms with van der Waals surface area (Å²) in [7, 11) is 0. The zero-order chi connectivity index (χ0) is 18.8. The Balaban J connectivity index is 1.68. The first-order valence-corrected chi connectivity index (χ1v) is 9.08. The van der Waals surface area contributed by atoms with Gasteiger partial charge in [-0.15, -0.1) is 0 Å². The van der Waals surface area contributed by atoms with Crippen LogP contribution < -0.4 is 0 Å². The molecule has 1 aliphatic heterocycles. The second-order valence-electron chi connectivity index (χ2n) is 6.80. The molecule has 0 radical (unpaired) electrons. The average molecular weight is 361 g/mol. The SMILES string of the molecule is Cc1cc(-c2ccc(F)cc2)cc([C@@H]2CCCN2C(=O)c2ccccn2)n1. The number of pyridine rings is 2. The monoisotopic (exact) mass is 361 g/mol. The number of hydrogen-bond donors (Lipinski definition) is 0. The third-order valence-corrected chi connectivity index (χ3v) is 4.89. The highest BCUT2D eigenvalue weighted by atomic mass is 19.1. The van der Waals surface area contributed by atoms with Crippen molar-refractivity contribution in [1.29, 1.82) is 0 Å². The van der Waals surface area contributed by atoms with E-state index >= 15 is 0 Å². The molecule has 3 heterocycles. The number of hydrogen-bond acceptors (Lipinski definition) is 3. The Morgan fingerprint density at radius 1 is 1.11 bits per heavy atom. The topological polar surface area (TPSA) is 46.1 Å². The summed E-state index contributed by atoms with van der Waals surface area (Å²) in [6.07, 6.45) is 3.44. The van der Waals surface area contributed by atoms with E-state index in [0.29, 0.717) is 12.2 Å². The minimum atomic E-state index is -0.257. The normalized spacial score (nSPS) is 16.5. The highest BCUT2D eigenvalue weighted by Gasteiger charge is 2.32. The molecule has 5 heteroatoms. The van der Waals surface area contributed by atoms with Gasteiger partial charge >= 0.3 is 0 Å². The summed E-state index contributed by atoms with van der Waals surface area (Å²) in [5.74, 6) is -0.322. The van der Waals surface area contributed by atoms with Crippen molar-refractivity contribution in [3.63, 3.8) is 0 Å². The lowest BCUT2D eigenvalue weighted by atomic mass is 10.0. The Morgan fingerprint density at radius 3 is 2.67 bits per heavy atom. The average Bonchev–Trinajstić information content (AvgIpc) is 3.18. The minimum absolute atomic E-state index is 0.0651. The molecule has 4 rings (SSSR count). The fraction of sp³-hybridized carbons (Fsp3) is 0.227. The maximum Gasteiger partial charge on any atom is 0.273 e. The van der Waals surface area contributed by atoms with Crippen LogP contribution in [0, 0.1) is 12.7 Å². The molecule has 1 aromatic carbocycles. The van der Waals surface area contributed by atoms with Crippen LogP contribution in [0.5, 0.6) is 0 Å². The van der Waals surface area contributed by atoms with Gasteiger partial charge in [0.15, 0.2) is 0 Å². The van der Waals surface area contributed by atoms with Gasteiger partial charge in [-0.3, -0.25) is 14.8 Å². The summed E-state index contributed by atoms with van der Waals surface area (Å²) in [6.45, 7) is 2.64. The van der Waals surface area contributed by atoms with Gasteiger partial charge in [0.1, 0.15) is 11.5 Å². The summed E-state index contributed by atoms with van der Waals surface area (Å²) in [5.41, 5.74) is 4.12. The van der Waals surface area contributed by atoms with Crippen LogP contribution >= 0.6 is 0 Å². The molecule has 27 heavy (non-hydrogen) atoms. The first kappa shape index (κ1) is 17.3. The van der Waals surface area contributed by atoms with Crippen LogP contribution in [-0.4, -0.2) is 27.3 Å². The van der Waals surface area contributed by atoms with Crippen LogP contribution in [0.2, 0.25) is 0 Å². The summed E-state index contributed by atoms with van der Waals surface area (Å²) < 4.78 is 13.2. The van der Waals surface area contributed by atoms with Crippen molar-refractivity contribution in [2.45, 2.75) is 25.8 Å². The predicted molar refractivity (Wildman–Crippen MR) is 102 cm³/mol. The number of aryl methyl sites for hydroxylation is 1. The van der Waals surface area contributed by atoms with E-state index in [4.69, 9.17) is 4.98 Å². The van der Waals surface area contributed by atoms with Gasteiger partial charge in [-0.2, -0.15) is 0 Å². The Labute approximate surface area is 157 Å². The molecule has 0 bridgehead atoms. The lowest BCUT2D eigenvalue weighted by Gasteiger charge is -2.24. The summed E-state index contributed by atoms with van der Waals surface area (Å²) in [6, 6.07) is 15.7. The predicted octanol–water partition coefficient (Wildman–Crippen LogP) is 4.57. The largest absolute Gasteiger partial charge is 0.329 e. The number of benzene rings is 1. The van der Waals surface area contributed by atoms with Crippen molar-refractivity contribution in [2.75, 3.05) is 6.54 Å². The number of likely N-dealkylation sites (tertiary alicyclic amines) is 1. The van der Waals surface area contributed by atoms with E-state index < -0.39 is 0 Å². The van der Waals surface area contributed by atoms with Crippen molar-refractivity contribution >= 4 is 5.91 Å². The first-order valence-electron chi connectivity index (χ1n) is 9.08. The molecule has 1 aliphatic rings. The summed E-state index contributed by atoms with van der Waals surface area (Å²) >= 11 is 0. The second-order valence-corrected chi connectivity index (χ2v) is 6.80. The second kappa shape index (κ2) is 7.27. The number of nitrogens with zero attached hydrogens (tertiary/aromatic N) is 3. The number of amides is 1. The van der Waals surface area contributed by atoms with E-state index in [0.717, 1.165) is 35.4 Å². The minimum Gasteiger partial charge on any atom is -0.329 e. The number of halogens is 1. The van der Waals surface area contributed by atoms with Gasteiger partial charge in [0.25, 0.3) is 5.91 Å². The molecule has 1 fully saturated rings. The van der Waals surface area contributed by atoms with Crippen molar-refractivity contribution in [3.8, 4) is 11.1 Å².